The predicted molar refractivity (Wildman–Crippen MR) is 114 cm³/mol. The van der Waals surface area contributed by atoms with Crippen molar-refractivity contribution in [1.29, 1.82) is 0 Å². The van der Waals surface area contributed by atoms with Crippen LogP contribution in [-0.2, 0) is 30.4 Å². The number of rotatable bonds is 8. The lowest BCUT2D eigenvalue weighted by atomic mass is 10.0. The molecule has 6 nitrogen and oxygen atoms in total. The first-order valence-corrected chi connectivity index (χ1v) is 10.2. The molecule has 3 rings (SSSR count). The standard InChI is InChI=1S/C23H22F4N2O4/c24-20-15(3-1-5-18(20)23(25,26)27)13-19(32)28-21-14(4-2-11-30)6-7-17-16(21)8-9-29(10-12-31)22(17)33/h1,3,5-9,30-31H,2,4,10-13H2,(H,28,32). The fourth-order valence-corrected chi connectivity index (χ4v) is 3.61. The van der Waals surface area contributed by atoms with E-state index in [1.807, 2.05) is 0 Å². The molecule has 176 valence electrons. The third-order valence-corrected chi connectivity index (χ3v) is 5.19. The molecule has 2 aromatic carbocycles. The maximum atomic E-state index is 14.3. The van der Waals surface area contributed by atoms with E-state index in [0.717, 1.165) is 12.1 Å². The minimum Gasteiger partial charge on any atom is -0.396 e. The number of aliphatic hydroxyl groups is 2. The van der Waals surface area contributed by atoms with Gasteiger partial charge in [-0.25, -0.2) is 4.39 Å². The monoisotopic (exact) mass is 466 g/mol. The number of nitrogens with one attached hydrogen (secondary N) is 1. The van der Waals surface area contributed by atoms with Crippen LogP contribution in [0.25, 0.3) is 10.8 Å². The van der Waals surface area contributed by atoms with Crippen molar-refractivity contribution in [3.05, 3.63) is 75.5 Å². The number of aromatic nitrogens is 1. The van der Waals surface area contributed by atoms with Gasteiger partial charge in [0.1, 0.15) is 5.82 Å². The van der Waals surface area contributed by atoms with Gasteiger partial charge in [-0.1, -0.05) is 18.2 Å². The Morgan fingerprint density at radius 3 is 2.42 bits per heavy atom. The van der Waals surface area contributed by atoms with Crippen molar-refractivity contribution in [1.82, 2.24) is 4.57 Å². The van der Waals surface area contributed by atoms with Crippen molar-refractivity contribution in [2.24, 2.45) is 0 Å². The molecule has 0 saturated heterocycles. The molecule has 10 heteroatoms. The Hall–Kier alpha value is -3.24. The van der Waals surface area contributed by atoms with E-state index < -0.39 is 41.0 Å². The molecule has 0 aliphatic heterocycles. The van der Waals surface area contributed by atoms with Gasteiger partial charge < -0.3 is 20.1 Å². The zero-order valence-electron chi connectivity index (χ0n) is 17.5. The fourth-order valence-electron chi connectivity index (χ4n) is 3.61. The van der Waals surface area contributed by atoms with Crippen LogP contribution in [0.5, 0.6) is 0 Å². The van der Waals surface area contributed by atoms with E-state index in [-0.39, 0.29) is 30.8 Å². The van der Waals surface area contributed by atoms with E-state index in [1.54, 1.807) is 18.2 Å². The lowest BCUT2D eigenvalue weighted by Crippen LogP contribution is -2.22. The fraction of sp³-hybridized carbons (Fsp3) is 0.304. The average molecular weight is 466 g/mol. The number of halogens is 4. The molecule has 0 saturated carbocycles. The van der Waals surface area contributed by atoms with Crippen LogP contribution in [0.15, 0.2) is 47.4 Å². The topological polar surface area (TPSA) is 91.6 Å². The summed E-state index contributed by atoms with van der Waals surface area (Å²) in [5, 5.41) is 21.6. The average Bonchev–Trinajstić information content (AvgIpc) is 2.76. The zero-order chi connectivity index (χ0) is 24.2. The molecule has 0 aliphatic rings. The normalized spacial score (nSPS) is 11.7. The number of nitrogens with zero attached hydrogens (tertiary/aromatic N) is 1. The Labute approximate surface area is 186 Å². The summed E-state index contributed by atoms with van der Waals surface area (Å²) in [5.74, 6) is -2.27. The highest BCUT2D eigenvalue weighted by Crippen LogP contribution is 2.33. The summed E-state index contributed by atoms with van der Waals surface area (Å²) in [5.41, 5.74) is -1.38. The second-order valence-corrected chi connectivity index (χ2v) is 7.43. The number of aliphatic hydroxyl groups excluding tert-OH is 2. The Morgan fingerprint density at radius 1 is 1.00 bits per heavy atom. The number of hydrogen-bond donors (Lipinski definition) is 3. The van der Waals surface area contributed by atoms with Crippen LogP contribution in [-0.4, -0.2) is 33.9 Å². The summed E-state index contributed by atoms with van der Waals surface area (Å²) < 4.78 is 54.6. The Kier molecular flexibility index (Phi) is 7.50. The van der Waals surface area contributed by atoms with E-state index in [2.05, 4.69) is 5.32 Å². The van der Waals surface area contributed by atoms with Crippen LogP contribution in [0.3, 0.4) is 0 Å². The first-order chi connectivity index (χ1) is 15.7. The third-order valence-electron chi connectivity index (χ3n) is 5.19. The van der Waals surface area contributed by atoms with E-state index >= 15 is 0 Å². The van der Waals surface area contributed by atoms with Gasteiger partial charge in [0.2, 0.25) is 5.91 Å². The zero-order valence-corrected chi connectivity index (χ0v) is 17.5. The number of fused-ring (bicyclic) bond motifs is 1. The van der Waals surface area contributed by atoms with E-state index in [0.29, 0.717) is 29.9 Å². The highest BCUT2D eigenvalue weighted by atomic mass is 19.4. The van der Waals surface area contributed by atoms with Gasteiger partial charge in [0, 0.05) is 30.1 Å². The van der Waals surface area contributed by atoms with Gasteiger partial charge in [-0.3, -0.25) is 9.59 Å². The number of alkyl halides is 3. The van der Waals surface area contributed by atoms with Gasteiger partial charge in [-0.05, 0) is 42.2 Å². The molecule has 0 aliphatic carbocycles. The van der Waals surface area contributed by atoms with Crippen molar-refractivity contribution < 1.29 is 32.6 Å². The number of amides is 1. The molecule has 1 aromatic heterocycles. The molecule has 0 unspecified atom stereocenters. The molecular formula is C23H22F4N2O4. The largest absolute Gasteiger partial charge is 0.419 e. The molecule has 0 atom stereocenters. The molecular weight excluding hydrogens is 444 g/mol. The quantitative estimate of drug-likeness (QED) is 0.445. The predicted octanol–water partition coefficient (Wildman–Crippen LogP) is 3.26. The SMILES string of the molecule is O=C(Cc1cccc(C(F)(F)F)c1F)Nc1c(CCCO)ccc2c(=O)n(CCO)ccc12. The van der Waals surface area contributed by atoms with Crippen LogP contribution in [0.4, 0.5) is 23.2 Å². The number of hydrogen-bond acceptors (Lipinski definition) is 4. The van der Waals surface area contributed by atoms with E-state index in [1.165, 1.54) is 10.8 Å². The summed E-state index contributed by atoms with van der Waals surface area (Å²) in [6, 6.07) is 7.50. The molecule has 0 fully saturated rings. The lowest BCUT2D eigenvalue weighted by molar-refractivity contribution is -0.140. The van der Waals surface area contributed by atoms with Gasteiger partial charge in [0.15, 0.2) is 0 Å². The second kappa shape index (κ2) is 10.1. The minimum atomic E-state index is -4.89. The summed E-state index contributed by atoms with van der Waals surface area (Å²) in [4.78, 5) is 25.4. The molecule has 0 bridgehead atoms. The van der Waals surface area contributed by atoms with Crippen LogP contribution in [0.1, 0.15) is 23.1 Å². The number of anilines is 1. The van der Waals surface area contributed by atoms with Crippen molar-refractivity contribution in [3.8, 4) is 0 Å². The van der Waals surface area contributed by atoms with Gasteiger partial charge in [-0.15, -0.1) is 0 Å². The van der Waals surface area contributed by atoms with Gasteiger partial charge in [-0.2, -0.15) is 13.2 Å². The molecule has 0 radical (unpaired) electrons. The molecule has 33 heavy (non-hydrogen) atoms. The van der Waals surface area contributed by atoms with Crippen LogP contribution in [0, 0.1) is 5.82 Å². The van der Waals surface area contributed by atoms with Crippen molar-refractivity contribution in [2.75, 3.05) is 18.5 Å². The van der Waals surface area contributed by atoms with Crippen LogP contribution in [0.2, 0.25) is 0 Å². The van der Waals surface area contributed by atoms with Gasteiger partial charge >= 0.3 is 6.18 Å². The van der Waals surface area contributed by atoms with E-state index in [4.69, 9.17) is 5.11 Å². The molecule has 1 heterocycles. The summed E-state index contributed by atoms with van der Waals surface area (Å²) in [6.45, 7) is -0.275. The van der Waals surface area contributed by atoms with Gasteiger partial charge in [0.05, 0.1) is 24.3 Å². The number of carbonyl (C=O) groups is 1. The maximum Gasteiger partial charge on any atom is 0.419 e. The molecule has 1 amide bonds. The van der Waals surface area contributed by atoms with Crippen molar-refractivity contribution in [2.45, 2.75) is 32.0 Å². The van der Waals surface area contributed by atoms with Crippen LogP contribution >= 0.6 is 0 Å². The first-order valence-electron chi connectivity index (χ1n) is 10.2. The highest BCUT2D eigenvalue weighted by Gasteiger charge is 2.35. The van der Waals surface area contributed by atoms with Crippen molar-refractivity contribution in [3.63, 3.8) is 0 Å². The summed E-state index contributed by atoms with van der Waals surface area (Å²) in [7, 11) is 0. The molecule has 0 spiro atoms. The Bertz CT molecular complexity index is 1220. The number of carbonyl (C=O) groups excluding carboxylic acids is 1. The third kappa shape index (κ3) is 5.40. The molecule has 3 aromatic rings. The van der Waals surface area contributed by atoms with Gasteiger partial charge in [0.25, 0.3) is 5.56 Å². The van der Waals surface area contributed by atoms with Crippen LogP contribution < -0.4 is 10.9 Å². The Balaban J connectivity index is 1.99. The summed E-state index contributed by atoms with van der Waals surface area (Å²) >= 11 is 0. The molecule has 3 N–H and O–H groups in total. The highest BCUT2D eigenvalue weighted by molar-refractivity contribution is 6.03. The minimum absolute atomic E-state index is 0.0809. The maximum absolute atomic E-state index is 14.3. The first kappa shape index (κ1) is 24.4. The number of benzene rings is 2. The van der Waals surface area contributed by atoms with E-state index in [9.17, 15) is 32.3 Å². The number of pyridine rings is 1. The number of aryl methyl sites for hydroxylation is 1. The summed E-state index contributed by atoms with van der Waals surface area (Å²) in [6.07, 6.45) is -3.35. The smallest absolute Gasteiger partial charge is 0.396 e. The Morgan fingerprint density at radius 2 is 1.76 bits per heavy atom. The van der Waals surface area contributed by atoms with Crippen molar-refractivity contribution >= 4 is 22.4 Å². The second-order valence-electron chi connectivity index (χ2n) is 7.43. The lowest BCUT2D eigenvalue weighted by Gasteiger charge is -2.16.